The molecule has 6 heteroatoms. The first kappa shape index (κ1) is 12.7. The molecule has 104 valence electrons. The molecule has 1 aromatic heterocycles. The van der Waals surface area contributed by atoms with Gasteiger partial charge in [-0.3, -0.25) is 10.1 Å². The smallest absolute Gasteiger partial charge is 0.321 e. The minimum Gasteiger partial charge on any atom is -0.496 e. The predicted molar refractivity (Wildman–Crippen MR) is 71.7 cm³/mol. The van der Waals surface area contributed by atoms with E-state index in [0.29, 0.717) is 12.2 Å². The molecule has 0 saturated carbocycles. The molecule has 0 spiro atoms. The van der Waals surface area contributed by atoms with Gasteiger partial charge in [0.2, 0.25) is 0 Å². The van der Waals surface area contributed by atoms with Crippen LogP contribution in [0.25, 0.3) is 0 Å². The Morgan fingerprint density at radius 1 is 1.45 bits per heavy atom. The molecule has 1 aromatic carbocycles. The van der Waals surface area contributed by atoms with Crippen LogP contribution in [0, 0.1) is 0 Å². The number of carboxylic acids is 1. The van der Waals surface area contributed by atoms with E-state index >= 15 is 0 Å². The molecule has 20 heavy (non-hydrogen) atoms. The number of H-pyrrole nitrogens is 1. The van der Waals surface area contributed by atoms with E-state index in [9.17, 15) is 9.90 Å². The molecule has 1 aliphatic heterocycles. The molecule has 2 aromatic rings. The number of imidazole rings is 1. The molecule has 0 unspecified atom stereocenters. The summed E-state index contributed by atoms with van der Waals surface area (Å²) in [5.41, 5.74) is 2.56. The second-order valence-corrected chi connectivity index (χ2v) is 4.70. The maximum absolute atomic E-state index is 11.3. The van der Waals surface area contributed by atoms with Crippen LogP contribution in [0.4, 0.5) is 0 Å². The number of aromatic amines is 1. The number of ether oxygens (including phenoxy) is 1. The van der Waals surface area contributed by atoms with Crippen LogP contribution >= 0.6 is 0 Å². The second kappa shape index (κ2) is 4.97. The van der Waals surface area contributed by atoms with Crippen LogP contribution in [0.1, 0.15) is 23.0 Å². The van der Waals surface area contributed by atoms with Crippen molar-refractivity contribution in [2.24, 2.45) is 0 Å². The van der Waals surface area contributed by atoms with Crippen molar-refractivity contribution < 1.29 is 14.6 Å². The van der Waals surface area contributed by atoms with Crippen LogP contribution in [0.2, 0.25) is 0 Å². The van der Waals surface area contributed by atoms with E-state index in [2.05, 4.69) is 15.3 Å². The van der Waals surface area contributed by atoms with Crippen molar-refractivity contribution in [3.8, 4) is 5.75 Å². The van der Waals surface area contributed by atoms with E-state index in [1.165, 1.54) is 0 Å². The SMILES string of the molecule is COc1ccccc1[C@@H]1N[C@H](C(=O)O)Cc2[nH]cnc21. The lowest BCUT2D eigenvalue weighted by molar-refractivity contribution is -0.139. The summed E-state index contributed by atoms with van der Waals surface area (Å²) in [6, 6.07) is 6.62. The summed E-state index contributed by atoms with van der Waals surface area (Å²) in [6.45, 7) is 0. The first-order chi connectivity index (χ1) is 9.70. The molecule has 0 fully saturated rings. The molecule has 3 N–H and O–H groups in total. The first-order valence-electron chi connectivity index (χ1n) is 6.34. The summed E-state index contributed by atoms with van der Waals surface area (Å²) in [5.74, 6) is -0.157. The van der Waals surface area contributed by atoms with Crippen molar-refractivity contribution in [2.45, 2.75) is 18.5 Å². The highest BCUT2D eigenvalue weighted by molar-refractivity contribution is 5.74. The lowest BCUT2D eigenvalue weighted by atomic mass is 9.93. The highest BCUT2D eigenvalue weighted by atomic mass is 16.5. The number of aromatic nitrogens is 2. The molecule has 2 atom stereocenters. The number of nitrogens with one attached hydrogen (secondary N) is 2. The highest BCUT2D eigenvalue weighted by Crippen LogP contribution is 2.33. The van der Waals surface area contributed by atoms with E-state index in [-0.39, 0.29) is 6.04 Å². The van der Waals surface area contributed by atoms with Crippen LogP contribution in [0.5, 0.6) is 5.75 Å². The molecule has 1 aliphatic rings. The van der Waals surface area contributed by atoms with Gasteiger partial charge in [0, 0.05) is 17.7 Å². The Morgan fingerprint density at radius 3 is 3.00 bits per heavy atom. The van der Waals surface area contributed by atoms with Gasteiger partial charge in [0.15, 0.2) is 0 Å². The number of hydrogen-bond donors (Lipinski definition) is 3. The molecule has 0 aliphatic carbocycles. The van der Waals surface area contributed by atoms with Crippen molar-refractivity contribution >= 4 is 5.97 Å². The van der Waals surface area contributed by atoms with Gasteiger partial charge in [0.05, 0.1) is 25.2 Å². The van der Waals surface area contributed by atoms with Crippen molar-refractivity contribution in [2.75, 3.05) is 7.11 Å². The summed E-state index contributed by atoms with van der Waals surface area (Å²) in [7, 11) is 1.60. The zero-order valence-electron chi connectivity index (χ0n) is 11.0. The van der Waals surface area contributed by atoms with Crippen molar-refractivity contribution in [1.29, 1.82) is 0 Å². The number of aliphatic carboxylic acids is 1. The minimum atomic E-state index is -0.870. The number of para-hydroxylation sites is 1. The van der Waals surface area contributed by atoms with Crippen LogP contribution < -0.4 is 10.1 Å². The van der Waals surface area contributed by atoms with Crippen LogP contribution in [-0.4, -0.2) is 34.2 Å². The molecule has 0 radical (unpaired) electrons. The average Bonchev–Trinajstić information content (AvgIpc) is 2.94. The van der Waals surface area contributed by atoms with E-state index in [1.807, 2.05) is 24.3 Å². The standard InChI is InChI=1S/C14H15N3O3/c1-20-11-5-3-2-4-8(11)12-13-9(15-7-16-13)6-10(17-12)14(18)19/h2-5,7,10,12,17H,6H2,1H3,(H,15,16)(H,18,19)/t10-,12-/m0/s1. The molecule has 3 rings (SSSR count). The maximum atomic E-state index is 11.3. The summed E-state index contributed by atoms with van der Waals surface area (Å²) in [4.78, 5) is 18.6. The number of fused-ring (bicyclic) bond motifs is 1. The fraction of sp³-hybridized carbons (Fsp3) is 0.286. The van der Waals surface area contributed by atoms with Gasteiger partial charge in [0.1, 0.15) is 11.8 Å². The molecule has 2 heterocycles. The number of benzene rings is 1. The molecule has 0 bridgehead atoms. The Kier molecular flexibility index (Phi) is 3.15. The van der Waals surface area contributed by atoms with E-state index in [0.717, 1.165) is 17.0 Å². The number of rotatable bonds is 3. The minimum absolute atomic E-state index is 0.290. The summed E-state index contributed by atoms with van der Waals surface area (Å²) in [5, 5.41) is 12.4. The van der Waals surface area contributed by atoms with E-state index < -0.39 is 12.0 Å². The van der Waals surface area contributed by atoms with Gasteiger partial charge in [-0.05, 0) is 6.07 Å². The monoisotopic (exact) mass is 273 g/mol. The number of carboxylic acid groups (broad SMARTS) is 1. The lowest BCUT2D eigenvalue weighted by Gasteiger charge is -2.29. The number of nitrogens with zero attached hydrogens (tertiary/aromatic N) is 1. The third-order valence-corrected chi connectivity index (χ3v) is 3.55. The summed E-state index contributed by atoms with van der Waals surface area (Å²) >= 11 is 0. The van der Waals surface area contributed by atoms with E-state index in [4.69, 9.17) is 4.74 Å². The topological polar surface area (TPSA) is 87.2 Å². The van der Waals surface area contributed by atoms with Crippen molar-refractivity contribution in [3.05, 3.63) is 47.5 Å². The van der Waals surface area contributed by atoms with E-state index in [1.54, 1.807) is 13.4 Å². The molecule has 0 saturated heterocycles. The van der Waals surface area contributed by atoms with Crippen molar-refractivity contribution in [3.63, 3.8) is 0 Å². The Labute approximate surface area is 115 Å². The Balaban J connectivity index is 2.06. The first-order valence-corrected chi connectivity index (χ1v) is 6.34. The Morgan fingerprint density at radius 2 is 2.25 bits per heavy atom. The van der Waals surface area contributed by atoms with Gasteiger partial charge in [-0.2, -0.15) is 0 Å². The predicted octanol–water partition coefficient (Wildman–Crippen LogP) is 1.11. The Bertz CT molecular complexity index is 638. The molecular formula is C14H15N3O3. The zero-order chi connectivity index (χ0) is 14.1. The zero-order valence-corrected chi connectivity index (χ0v) is 11.0. The summed E-state index contributed by atoms with van der Waals surface area (Å²) in [6.07, 6.45) is 2.00. The van der Waals surface area contributed by atoms with Crippen molar-refractivity contribution in [1.82, 2.24) is 15.3 Å². The van der Waals surface area contributed by atoms with Crippen LogP contribution in [-0.2, 0) is 11.2 Å². The average molecular weight is 273 g/mol. The van der Waals surface area contributed by atoms with Gasteiger partial charge < -0.3 is 14.8 Å². The number of methoxy groups -OCH3 is 1. The normalized spacial score (nSPS) is 21.2. The van der Waals surface area contributed by atoms with Gasteiger partial charge in [-0.25, -0.2) is 4.98 Å². The van der Waals surface area contributed by atoms with Gasteiger partial charge in [-0.15, -0.1) is 0 Å². The second-order valence-electron chi connectivity index (χ2n) is 4.70. The molecular weight excluding hydrogens is 258 g/mol. The number of hydrogen-bond acceptors (Lipinski definition) is 4. The molecule has 0 amide bonds. The number of carbonyl (C=O) groups is 1. The summed E-state index contributed by atoms with van der Waals surface area (Å²) < 4.78 is 5.36. The quantitative estimate of drug-likeness (QED) is 0.779. The third kappa shape index (κ3) is 2.04. The van der Waals surface area contributed by atoms with Gasteiger partial charge >= 0.3 is 5.97 Å². The Hall–Kier alpha value is -2.34. The maximum Gasteiger partial charge on any atom is 0.321 e. The molecule has 6 nitrogen and oxygen atoms in total. The fourth-order valence-electron chi connectivity index (χ4n) is 2.59. The van der Waals surface area contributed by atoms with Crippen LogP contribution in [0.15, 0.2) is 30.6 Å². The van der Waals surface area contributed by atoms with Crippen LogP contribution in [0.3, 0.4) is 0 Å². The third-order valence-electron chi connectivity index (χ3n) is 3.55. The van der Waals surface area contributed by atoms with Gasteiger partial charge in [0.25, 0.3) is 0 Å². The van der Waals surface area contributed by atoms with Gasteiger partial charge in [-0.1, -0.05) is 18.2 Å². The largest absolute Gasteiger partial charge is 0.496 e. The fourth-order valence-corrected chi connectivity index (χ4v) is 2.59. The lowest BCUT2D eigenvalue weighted by Crippen LogP contribution is -2.45. The highest BCUT2D eigenvalue weighted by Gasteiger charge is 2.34.